The molecule has 7 heteroatoms. The molecular weight excluding hydrogens is 440 g/mol. The lowest BCUT2D eigenvalue weighted by Gasteiger charge is -2.27. The van der Waals surface area contributed by atoms with Crippen molar-refractivity contribution in [2.45, 2.75) is 33.1 Å². The lowest BCUT2D eigenvalue weighted by Crippen LogP contribution is -2.35. The van der Waals surface area contributed by atoms with Gasteiger partial charge in [0.1, 0.15) is 17.3 Å². The number of aryl methyl sites for hydroxylation is 1. The van der Waals surface area contributed by atoms with Gasteiger partial charge in [0.15, 0.2) is 5.82 Å². The third kappa shape index (κ3) is 5.39. The van der Waals surface area contributed by atoms with Gasteiger partial charge >= 0.3 is 0 Å². The van der Waals surface area contributed by atoms with Crippen molar-refractivity contribution < 1.29 is 14.3 Å². The average Bonchev–Trinajstić information content (AvgIpc) is 3.14. The van der Waals surface area contributed by atoms with Gasteiger partial charge in [-0.25, -0.2) is 9.97 Å². The summed E-state index contributed by atoms with van der Waals surface area (Å²) in [4.78, 5) is 27.5. The smallest absolute Gasteiger partial charge is 0.254 e. The average molecular weight is 475 g/mol. The van der Waals surface area contributed by atoms with Crippen LogP contribution in [0.4, 0.5) is 5.82 Å². The van der Waals surface area contributed by atoms with Gasteiger partial charge in [0.05, 0.1) is 14.2 Å². The van der Waals surface area contributed by atoms with E-state index in [9.17, 15) is 4.79 Å². The Hall–Kier alpha value is -3.61. The molecular formula is C28H34N4O3. The normalized spacial score (nSPS) is 14.1. The van der Waals surface area contributed by atoms with Crippen LogP contribution in [0.2, 0.25) is 0 Å². The van der Waals surface area contributed by atoms with E-state index in [0.717, 1.165) is 35.9 Å². The van der Waals surface area contributed by atoms with Gasteiger partial charge in [-0.3, -0.25) is 4.79 Å². The van der Waals surface area contributed by atoms with Crippen molar-refractivity contribution in [2.75, 3.05) is 45.3 Å². The Bertz CT molecular complexity index is 1160. The lowest BCUT2D eigenvalue weighted by molar-refractivity contribution is 0.0766. The van der Waals surface area contributed by atoms with Crippen molar-refractivity contribution in [1.29, 1.82) is 0 Å². The number of amides is 1. The molecule has 0 unspecified atom stereocenters. The Morgan fingerprint density at radius 1 is 0.914 bits per heavy atom. The number of carbonyl (C=O) groups excluding carboxylic acids is 1. The number of benzene rings is 2. The Labute approximate surface area is 207 Å². The van der Waals surface area contributed by atoms with E-state index < -0.39 is 0 Å². The summed E-state index contributed by atoms with van der Waals surface area (Å²) < 4.78 is 10.7. The first kappa shape index (κ1) is 24.5. The zero-order valence-electron chi connectivity index (χ0n) is 21.2. The molecule has 0 radical (unpaired) electrons. The second-order valence-corrected chi connectivity index (χ2v) is 9.12. The van der Waals surface area contributed by atoms with E-state index in [-0.39, 0.29) is 5.91 Å². The first-order valence-electron chi connectivity index (χ1n) is 12.1. The zero-order valence-corrected chi connectivity index (χ0v) is 21.2. The number of hydrogen-bond donors (Lipinski definition) is 0. The summed E-state index contributed by atoms with van der Waals surface area (Å²) in [5.74, 6) is 3.20. The molecule has 4 rings (SSSR count). The molecule has 1 saturated heterocycles. The minimum absolute atomic E-state index is 0.0167. The predicted octanol–water partition coefficient (Wildman–Crippen LogP) is 4.95. The third-order valence-electron chi connectivity index (χ3n) is 6.41. The van der Waals surface area contributed by atoms with E-state index in [0.29, 0.717) is 42.6 Å². The number of ether oxygens (including phenoxy) is 2. The molecule has 35 heavy (non-hydrogen) atoms. The molecule has 0 saturated carbocycles. The van der Waals surface area contributed by atoms with Crippen LogP contribution in [0.3, 0.4) is 0 Å². The van der Waals surface area contributed by atoms with Crippen molar-refractivity contribution in [1.82, 2.24) is 14.9 Å². The van der Waals surface area contributed by atoms with Crippen molar-refractivity contribution in [3.8, 4) is 22.9 Å². The standard InChI is InChI=1S/C28H34N4O3/c1-19(2)25-20(3)29-26(21-10-7-6-8-11-21)30-27(25)31-12-9-13-32(15-14-31)28(33)22-16-23(34-4)18-24(17-22)35-5/h6-8,10-11,16-19H,9,12-15H2,1-5H3. The summed E-state index contributed by atoms with van der Waals surface area (Å²) in [5.41, 5.74) is 3.75. The number of rotatable bonds is 6. The molecule has 0 atom stereocenters. The van der Waals surface area contributed by atoms with Crippen LogP contribution in [0.1, 0.15) is 47.8 Å². The fourth-order valence-electron chi connectivity index (χ4n) is 4.65. The maximum absolute atomic E-state index is 13.4. The molecule has 2 heterocycles. The maximum atomic E-state index is 13.4. The lowest BCUT2D eigenvalue weighted by atomic mass is 10.0. The summed E-state index contributed by atoms with van der Waals surface area (Å²) in [5, 5.41) is 0. The largest absolute Gasteiger partial charge is 0.497 e. The Kier molecular flexibility index (Phi) is 7.54. The molecule has 0 bridgehead atoms. The highest BCUT2D eigenvalue weighted by molar-refractivity contribution is 5.95. The molecule has 0 aliphatic carbocycles. The van der Waals surface area contributed by atoms with Gasteiger partial charge in [0, 0.05) is 54.6 Å². The van der Waals surface area contributed by atoms with Crippen LogP contribution in [-0.2, 0) is 0 Å². The van der Waals surface area contributed by atoms with Gasteiger partial charge in [0.2, 0.25) is 0 Å². The highest BCUT2D eigenvalue weighted by Gasteiger charge is 2.25. The summed E-state index contributed by atoms with van der Waals surface area (Å²) in [7, 11) is 3.18. The topological polar surface area (TPSA) is 67.8 Å². The molecule has 3 aromatic rings. The van der Waals surface area contributed by atoms with Crippen LogP contribution in [0, 0.1) is 6.92 Å². The number of aromatic nitrogens is 2. The second-order valence-electron chi connectivity index (χ2n) is 9.12. The molecule has 0 N–H and O–H groups in total. The monoisotopic (exact) mass is 474 g/mol. The molecule has 1 aliphatic heterocycles. The van der Waals surface area contributed by atoms with Crippen molar-refractivity contribution in [3.05, 3.63) is 65.4 Å². The molecule has 1 fully saturated rings. The van der Waals surface area contributed by atoms with Crippen LogP contribution in [0.25, 0.3) is 11.4 Å². The molecule has 1 aliphatic rings. The first-order valence-corrected chi connectivity index (χ1v) is 12.1. The van der Waals surface area contributed by atoms with E-state index >= 15 is 0 Å². The molecule has 7 nitrogen and oxygen atoms in total. The summed E-state index contributed by atoms with van der Waals surface area (Å²) in [6, 6.07) is 15.4. The quantitative estimate of drug-likeness (QED) is 0.504. The molecule has 184 valence electrons. The van der Waals surface area contributed by atoms with E-state index in [1.165, 1.54) is 5.56 Å². The Balaban J connectivity index is 1.61. The van der Waals surface area contributed by atoms with Gasteiger partial charge in [-0.1, -0.05) is 44.2 Å². The molecule has 0 spiro atoms. The number of anilines is 1. The van der Waals surface area contributed by atoms with Crippen molar-refractivity contribution >= 4 is 11.7 Å². The van der Waals surface area contributed by atoms with E-state index in [2.05, 4.69) is 25.7 Å². The summed E-state index contributed by atoms with van der Waals surface area (Å²) in [6.45, 7) is 9.26. The summed E-state index contributed by atoms with van der Waals surface area (Å²) >= 11 is 0. The molecule has 2 aromatic carbocycles. The van der Waals surface area contributed by atoms with Gasteiger partial charge in [0.25, 0.3) is 5.91 Å². The molecule has 1 amide bonds. The van der Waals surface area contributed by atoms with Crippen LogP contribution >= 0.6 is 0 Å². The van der Waals surface area contributed by atoms with Gasteiger partial charge in [-0.15, -0.1) is 0 Å². The fraction of sp³-hybridized carbons (Fsp3) is 0.393. The SMILES string of the molecule is COc1cc(OC)cc(C(=O)N2CCCN(c3nc(-c4ccccc4)nc(C)c3C(C)C)CC2)c1. The number of carbonyl (C=O) groups is 1. The zero-order chi connectivity index (χ0) is 24.9. The van der Waals surface area contributed by atoms with E-state index in [1.54, 1.807) is 32.4 Å². The Morgan fingerprint density at radius 2 is 1.60 bits per heavy atom. The molecule has 1 aromatic heterocycles. The van der Waals surface area contributed by atoms with E-state index in [1.807, 2.05) is 35.2 Å². The fourth-order valence-corrected chi connectivity index (χ4v) is 4.65. The number of nitrogens with zero attached hydrogens (tertiary/aromatic N) is 4. The van der Waals surface area contributed by atoms with Gasteiger partial charge in [-0.2, -0.15) is 0 Å². The van der Waals surface area contributed by atoms with Crippen LogP contribution in [0.15, 0.2) is 48.5 Å². The minimum Gasteiger partial charge on any atom is -0.497 e. The maximum Gasteiger partial charge on any atom is 0.254 e. The van der Waals surface area contributed by atoms with Crippen LogP contribution in [-0.4, -0.2) is 61.2 Å². The predicted molar refractivity (Wildman–Crippen MR) is 139 cm³/mol. The van der Waals surface area contributed by atoms with Crippen LogP contribution < -0.4 is 14.4 Å². The van der Waals surface area contributed by atoms with Crippen molar-refractivity contribution in [3.63, 3.8) is 0 Å². The minimum atomic E-state index is -0.0167. The van der Waals surface area contributed by atoms with Gasteiger partial charge in [-0.05, 0) is 31.4 Å². The highest BCUT2D eigenvalue weighted by atomic mass is 16.5. The number of hydrogen-bond acceptors (Lipinski definition) is 6. The first-order chi connectivity index (χ1) is 16.9. The van der Waals surface area contributed by atoms with E-state index in [4.69, 9.17) is 19.4 Å². The summed E-state index contributed by atoms with van der Waals surface area (Å²) in [6.07, 6.45) is 0.855. The highest BCUT2D eigenvalue weighted by Crippen LogP contribution is 2.31. The number of methoxy groups -OCH3 is 2. The third-order valence-corrected chi connectivity index (χ3v) is 6.41. The second kappa shape index (κ2) is 10.8. The van der Waals surface area contributed by atoms with Crippen molar-refractivity contribution in [2.24, 2.45) is 0 Å². The Morgan fingerprint density at radius 3 is 2.23 bits per heavy atom. The van der Waals surface area contributed by atoms with Crippen LogP contribution in [0.5, 0.6) is 11.5 Å². The van der Waals surface area contributed by atoms with Gasteiger partial charge < -0.3 is 19.3 Å².